The molecule has 0 spiro atoms. The summed E-state index contributed by atoms with van der Waals surface area (Å²) in [7, 11) is -4.96. The van der Waals surface area contributed by atoms with Crippen LogP contribution in [0.4, 0.5) is 0 Å². The van der Waals surface area contributed by atoms with Gasteiger partial charge in [0.1, 0.15) is 61.0 Å². The van der Waals surface area contributed by atoms with Crippen LogP contribution in [0.25, 0.3) is 0 Å². The minimum absolute atomic E-state index is 0.113. The Labute approximate surface area is 400 Å². The van der Waals surface area contributed by atoms with Gasteiger partial charge in [0.05, 0.1) is 44.7 Å². The number of amides is 1. The van der Waals surface area contributed by atoms with E-state index in [2.05, 4.69) is 28.6 Å². The Bertz CT molecular complexity index is 1580. The molecule has 20 atom stereocenters. The summed E-state index contributed by atoms with van der Waals surface area (Å²) in [5.41, 5.74) is 0. The maximum Gasteiger partial charge on any atom is 0.397 e. The second-order valence-electron chi connectivity index (χ2n) is 18.7. The molecule has 11 N–H and O–H groups in total. The van der Waals surface area contributed by atoms with Gasteiger partial charge in [-0.2, -0.15) is 8.42 Å². The topological polar surface area (TPSA) is 339 Å². The standard InChI is InChI=1S/C45H81NO21S/c1-5-6-7-8-9-10-11-12-13-14-15-16-17-18-19-20-32(50)46-33-38(55)37(54)28(21-47)62-45(33)67-40-30(23-49)64-43(27(4)36(40)53)65-39-29(22-48)63-44(26(3)35(39)52)66-41-31(24-60-68(57,58)59)61-42(56)25(2)34(41)51/h12-13,25-31,33-45,47-49,51-56H,5-11,14-24H2,1-4H3,(H,46,50)(H,57,58,59)/b13-12-. The van der Waals surface area contributed by atoms with Crippen molar-refractivity contribution in [2.45, 2.75) is 222 Å². The molecular weight excluding hydrogens is 923 g/mol. The van der Waals surface area contributed by atoms with Crippen LogP contribution in [0.15, 0.2) is 12.2 Å². The van der Waals surface area contributed by atoms with Crippen molar-refractivity contribution in [3.63, 3.8) is 0 Å². The van der Waals surface area contributed by atoms with Crippen molar-refractivity contribution in [3.8, 4) is 0 Å². The molecule has 398 valence electrons. The highest BCUT2D eigenvalue weighted by Crippen LogP contribution is 2.38. The molecule has 1 amide bonds. The SMILES string of the molecule is CCCCCCCC/C=C\CCCCCCCC(=O)NC1C(OC2C(CO)OC(OC3C(CO)OC(OC4C(COS(=O)(=O)O)OC(O)C(C)C4O)C(C)C3O)C(C)C2O)OC(CO)C(O)C1O. The first kappa shape index (κ1) is 59.0. The van der Waals surface area contributed by atoms with Crippen LogP contribution >= 0.6 is 0 Å². The van der Waals surface area contributed by atoms with Crippen LogP contribution in [-0.2, 0) is 52.5 Å². The Morgan fingerprint density at radius 1 is 0.559 bits per heavy atom. The number of nitrogens with one attached hydrogen (secondary N) is 1. The zero-order chi connectivity index (χ0) is 50.1. The molecule has 0 aliphatic carbocycles. The van der Waals surface area contributed by atoms with Crippen molar-refractivity contribution in [3.05, 3.63) is 12.2 Å². The fourth-order valence-electron chi connectivity index (χ4n) is 9.00. The summed E-state index contributed by atoms with van der Waals surface area (Å²) in [6, 6.07) is -1.36. The number of hydrogen-bond donors (Lipinski definition) is 11. The van der Waals surface area contributed by atoms with Gasteiger partial charge in [0, 0.05) is 24.2 Å². The number of rotatable bonds is 28. The summed E-state index contributed by atoms with van der Waals surface area (Å²) in [6.07, 6.45) is -4.52. The molecule has 0 radical (unpaired) electrons. The Morgan fingerprint density at radius 2 is 1.00 bits per heavy atom. The van der Waals surface area contributed by atoms with Gasteiger partial charge in [-0.05, 0) is 32.1 Å². The molecule has 0 saturated carbocycles. The molecule has 0 bridgehead atoms. The van der Waals surface area contributed by atoms with Crippen molar-refractivity contribution in [1.29, 1.82) is 0 Å². The van der Waals surface area contributed by atoms with Crippen molar-refractivity contribution in [2.75, 3.05) is 26.4 Å². The van der Waals surface area contributed by atoms with Crippen LogP contribution < -0.4 is 5.32 Å². The Kier molecular flexibility index (Phi) is 25.4. The van der Waals surface area contributed by atoms with Gasteiger partial charge in [-0.25, -0.2) is 4.18 Å². The number of carbonyl (C=O) groups excluding carboxylic acids is 1. The molecule has 4 rings (SSSR count). The monoisotopic (exact) mass is 1000 g/mol. The van der Waals surface area contributed by atoms with Crippen molar-refractivity contribution >= 4 is 16.3 Å². The lowest BCUT2D eigenvalue weighted by Gasteiger charge is -2.50. The van der Waals surface area contributed by atoms with E-state index in [0.717, 1.165) is 38.5 Å². The van der Waals surface area contributed by atoms with E-state index in [-0.39, 0.29) is 6.42 Å². The first-order chi connectivity index (χ1) is 32.4. The zero-order valence-electron chi connectivity index (χ0n) is 39.8. The van der Waals surface area contributed by atoms with Gasteiger partial charge in [-0.15, -0.1) is 0 Å². The zero-order valence-corrected chi connectivity index (χ0v) is 40.6. The largest absolute Gasteiger partial charge is 0.397 e. The van der Waals surface area contributed by atoms with E-state index in [4.69, 9.17) is 37.7 Å². The third-order valence-corrected chi connectivity index (χ3v) is 13.9. The number of aliphatic hydroxyl groups is 9. The molecule has 0 aromatic heterocycles. The summed E-state index contributed by atoms with van der Waals surface area (Å²) in [5.74, 6) is -3.39. The predicted molar refractivity (Wildman–Crippen MR) is 239 cm³/mol. The van der Waals surface area contributed by atoms with Crippen LogP contribution in [0, 0.1) is 17.8 Å². The van der Waals surface area contributed by atoms with Gasteiger partial charge in [0.2, 0.25) is 5.91 Å². The van der Waals surface area contributed by atoms with E-state index in [0.29, 0.717) is 6.42 Å². The second kappa shape index (κ2) is 29.2. The molecule has 68 heavy (non-hydrogen) atoms. The normalized spacial score (nSPS) is 39.3. The molecule has 20 unspecified atom stereocenters. The number of allylic oxidation sites excluding steroid dienone is 2. The highest BCUT2D eigenvalue weighted by molar-refractivity contribution is 7.80. The number of hydrogen-bond acceptors (Lipinski definition) is 20. The van der Waals surface area contributed by atoms with E-state index >= 15 is 0 Å². The smallest absolute Gasteiger partial charge is 0.394 e. The Balaban J connectivity index is 1.32. The molecular formula is C45H81NO21S. The van der Waals surface area contributed by atoms with Crippen molar-refractivity contribution in [1.82, 2.24) is 5.32 Å². The first-order valence-corrected chi connectivity index (χ1v) is 25.8. The van der Waals surface area contributed by atoms with Crippen LogP contribution in [0.2, 0.25) is 0 Å². The quantitative estimate of drug-likeness (QED) is 0.0281. The average Bonchev–Trinajstić information content (AvgIpc) is 3.30. The van der Waals surface area contributed by atoms with Crippen LogP contribution in [0.3, 0.4) is 0 Å². The molecule has 22 nitrogen and oxygen atoms in total. The lowest BCUT2D eigenvalue weighted by atomic mass is 9.89. The summed E-state index contributed by atoms with van der Waals surface area (Å²) < 4.78 is 77.6. The third kappa shape index (κ3) is 17.0. The number of carbonyl (C=O) groups is 1. The lowest BCUT2D eigenvalue weighted by molar-refractivity contribution is -0.372. The molecule has 4 fully saturated rings. The summed E-state index contributed by atoms with van der Waals surface area (Å²) in [5, 5.41) is 99.7. The first-order valence-electron chi connectivity index (χ1n) is 24.4. The summed E-state index contributed by atoms with van der Waals surface area (Å²) >= 11 is 0. The molecule has 4 saturated heterocycles. The van der Waals surface area contributed by atoms with E-state index in [1.807, 2.05) is 0 Å². The van der Waals surface area contributed by atoms with E-state index in [1.165, 1.54) is 59.3 Å². The van der Waals surface area contributed by atoms with Gasteiger partial charge in [0.25, 0.3) is 0 Å². The number of aliphatic hydroxyl groups excluding tert-OH is 9. The van der Waals surface area contributed by atoms with Gasteiger partial charge in [-0.3, -0.25) is 9.35 Å². The number of ether oxygens (including phenoxy) is 7. The predicted octanol–water partition coefficient (Wildman–Crippen LogP) is 0.0653. The maximum absolute atomic E-state index is 13.2. The van der Waals surface area contributed by atoms with Crippen LogP contribution in [0.5, 0.6) is 0 Å². The van der Waals surface area contributed by atoms with Gasteiger partial charge >= 0.3 is 10.4 Å². The molecule has 23 heteroatoms. The van der Waals surface area contributed by atoms with Crippen LogP contribution in [0.1, 0.15) is 118 Å². The fourth-order valence-corrected chi connectivity index (χ4v) is 9.31. The third-order valence-electron chi connectivity index (χ3n) is 13.5. The fraction of sp³-hybridized carbons (Fsp3) is 0.933. The van der Waals surface area contributed by atoms with Gasteiger partial charge in [0.15, 0.2) is 25.2 Å². The Hall–Kier alpha value is -1.56. The van der Waals surface area contributed by atoms with Crippen molar-refractivity contribution in [2.24, 2.45) is 17.8 Å². The summed E-state index contributed by atoms with van der Waals surface area (Å²) in [4.78, 5) is 13.2. The molecule has 4 aliphatic heterocycles. The highest BCUT2D eigenvalue weighted by atomic mass is 32.3. The average molecular weight is 1000 g/mol. The molecule has 4 aliphatic rings. The molecule has 0 aromatic rings. The summed E-state index contributed by atoms with van der Waals surface area (Å²) in [6.45, 7) is 3.53. The van der Waals surface area contributed by atoms with Crippen LogP contribution in [-0.4, -0.2) is 196 Å². The molecule has 4 heterocycles. The second-order valence-corrected chi connectivity index (χ2v) is 19.8. The van der Waals surface area contributed by atoms with E-state index < -0.39 is 165 Å². The van der Waals surface area contributed by atoms with Gasteiger partial charge < -0.3 is 84.4 Å². The van der Waals surface area contributed by atoms with Gasteiger partial charge in [-0.1, -0.05) is 91.2 Å². The highest BCUT2D eigenvalue weighted by Gasteiger charge is 2.54. The lowest BCUT2D eigenvalue weighted by Crippen LogP contribution is -2.67. The van der Waals surface area contributed by atoms with Crippen molar-refractivity contribution < 1.29 is 101 Å². The molecule has 0 aromatic carbocycles. The van der Waals surface area contributed by atoms with E-state index in [1.54, 1.807) is 0 Å². The Morgan fingerprint density at radius 3 is 1.50 bits per heavy atom. The minimum atomic E-state index is -4.96. The van der Waals surface area contributed by atoms with E-state index in [9.17, 15) is 59.2 Å². The number of unbranched alkanes of at least 4 members (excludes halogenated alkanes) is 11. The maximum atomic E-state index is 13.2. The minimum Gasteiger partial charge on any atom is -0.394 e.